The molecule has 1 aliphatic rings. The molecule has 18 heavy (non-hydrogen) atoms. The Morgan fingerprint density at radius 2 is 2.33 bits per heavy atom. The molecule has 1 aromatic heterocycles. The molecular formula is C13H23N3OS. The Bertz CT molecular complexity index is 374. The molecule has 1 N–H and O–H groups in total. The molecule has 2 atom stereocenters. The number of aromatic nitrogens is 2. The van der Waals surface area contributed by atoms with E-state index in [4.69, 9.17) is 4.52 Å². The minimum Gasteiger partial charge on any atom is -0.337 e. The molecule has 5 heteroatoms. The maximum absolute atomic E-state index is 5.44. The van der Waals surface area contributed by atoms with Crippen molar-refractivity contribution in [2.75, 3.05) is 6.54 Å². The highest BCUT2D eigenvalue weighted by Crippen LogP contribution is 2.29. The number of rotatable bonds is 5. The van der Waals surface area contributed by atoms with Crippen LogP contribution in [-0.2, 0) is 11.3 Å². The van der Waals surface area contributed by atoms with Crippen LogP contribution >= 0.6 is 11.8 Å². The van der Waals surface area contributed by atoms with Crippen molar-refractivity contribution in [1.29, 1.82) is 0 Å². The zero-order valence-corrected chi connectivity index (χ0v) is 12.3. The fraction of sp³-hybridized carbons (Fsp3) is 0.846. The molecule has 1 aliphatic heterocycles. The van der Waals surface area contributed by atoms with Gasteiger partial charge in [-0.15, -0.1) is 0 Å². The molecule has 102 valence electrons. The number of hydrogen-bond donors (Lipinski definition) is 1. The van der Waals surface area contributed by atoms with E-state index < -0.39 is 0 Å². The molecule has 0 radical (unpaired) electrons. The zero-order chi connectivity index (χ0) is 13.0. The van der Waals surface area contributed by atoms with Gasteiger partial charge in [-0.05, 0) is 39.2 Å². The lowest BCUT2D eigenvalue weighted by Crippen LogP contribution is -2.43. The number of nitrogens with zero attached hydrogens (tertiary/aromatic N) is 2. The molecule has 0 aromatic carbocycles. The number of hydrogen-bond acceptors (Lipinski definition) is 5. The Kier molecular flexibility index (Phi) is 4.67. The fourth-order valence-corrected chi connectivity index (χ4v) is 2.90. The van der Waals surface area contributed by atoms with E-state index in [0.717, 1.165) is 30.4 Å². The first kappa shape index (κ1) is 13.9. The minimum absolute atomic E-state index is 0.120. The van der Waals surface area contributed by atoms with Gasteiger partial charge in [0.1, 0.15) is 0 Å². The van der Waals surface area contributed by atoms with Crippen LogP contribution in [0.25, 0.3) is 0 Å². The quantitative estimate of drug-likeness (QED) is 0.890. The van der Waals surface area contributed by atoms with Crippen LogP contribution in [0.2, 0.25) is 0 Å². The van der Waals surface area contributed by atoms with Crippen molar-refractivity contribution >= 4 is 11.8 Å². The summed E-state index contributed by atoms with van der Waals surface area (Å²) in [6.45, 7) is 7.63. The molecule has 0 bridgehead atoms. The highest BCUT2D eigenvalue weighted by atomic mass is 32.2. The molecule has 2 heterocycles. The van der Waals surface area contributed by atoms with Crippen LogP contribution in [0.4, 0.5) is 0 Å². The van der Waals surface area contributed by atoms with Crippen LogP contribution in [-0.4, -0.2) is 21.9 Å². The van der Waals surface area contributed by atoms with E-state index in [2.05, 4.69) is 36.2 Å². The summed E-state index contributed by atoms with van der Waals surface area (Å²) in [6.07, 6.45) is 4.71. The fourth-order valence-electron chi connectivity index (χ4n) is 2.11. The van der Waals surface area contributed by atoms with E-state index in [-0.39, 0.29) is 5.54 Å². The summed E-state index contributed by atoms with van der Waals surface area (Å²) in [6, 6.07) is 0. The van der Waals surface area contributed by atoms with Gasteiger partial charge < -0.3 is 9.84 Å². The second-order valence-electron chi connectivity index (χ2n) is 5.26. The van der Waals surface area contributed by atoms with Crippen LogP contribution in [0.5, 0.6) is 0 Å². The number of piperidine rings is 1. The molecule has 1 saturated heterocycles. The molecule has 1 fully saturated rings. The average molecular weight is 269 g/mol. The number of nitrogens with one attached hydrogen (secondary N) is 1. The summed E-state index contributed by atoms with van der Waals surface area (Å²) in [5, 5.41) is 8.24. The summed E-state index contributed by atoms with van der Waals surface area (Å²) in [5.41, 5.74) is -0.120. The summed E-state index contributed by atoms with van der Waals surface area (Å²) < 4.78 is 5.44. The Hall–Kier alpha value is -0.550. The van der Waals surface area contributed by atoms with Crippen LogP contribution < -0.4 is 5.32 Å². The van der Waals surface area contributed by atoms with E-state index in [1.165, 1.54) is 19.3 Å². The first-order chi connectivity index (χ1) is 8.64. The normalized spacial score (nSPS) is 26.2. The van der Waals surface area contributed by atoms with Gasteiger partial charge in [-0.1, -0.05) is 19.0 Å². The minimum atomic E-state index is -0.120. The Morgan fingerprint density at radius 3 is 3.00 bits per heavy atom. The summed E-state index contributed by atoms with van der Waals surface area (Å²) in [7, 11) is 0. The predicted molar refractivity (Wildman–Crippen MR) is 74.6 cm³/mol. The lowest BCUT2D eigenvalue weighted by atomic mass is 9.91. The van der Waals surface area contributed by atoms with E-state index in [1.807, 2.05) is 11.8 Å². The molecule has 0 aliphatic carbocycles. The van der Waals surface area contributed by atoms with Crippen molar-refractivity contribution in [3.8, 4) is 0 Å². The molecule has 4 nitrogen and oxygen atoms in total. The second-order valence-corrected chi connectivity index (χ2v) is 6.69. The molecule has 1 aromatic rings. The molecule has 2 unspecified atom stereocenters. The van der Waals surface area contributed by atoms with Gasteiger partial charge >= 0.3 is 0 Å². The lowest BCUT2D eigenvalue weighted by molar-refractivity contribution is 0.206. The number of thioether (sulfide) groups is 1. The van der Waals surface area contributed by atoms with Crippen LogP contribution in [0.3, 0.4) is 0 Å². The van der Waals surface area contributed by atoms with Crippen molar-refractivity contribution < 1.29 is 4.52 Å². The third-order valence-electron chi connectivity index (χ3n) is 3.63. The molecule has 0 spiro atoms. The van der Waals surface area contributed by atoms with E-state index in [9.17, 15) is 0 Å². The van der Waals surface area contributed by atoms with Gasteiger partial charge in [0.2, 0.25) is 5.89 Å². The van der Waals surface area contributed by atoms with Crippen molar-refractivity contribution in [2.45, 2.75) is 63.0 Å². The van der Waals surface area contributed by atoms with Gasteiger partial charge in [-0.25, -0.2) is 0 Å². The van der Waals surface area contributed by atoms with Gasteiger partial charge in [-0.2, -0.15) is 16.7 Å². The van der Waals surface area contributed by atoms with Crippen molar-refractivity contribution in [3.05, 3.63) is 11.7 Å². The maximum Gasteiger partial charge on any atom is 0.246 e. The zero-order valence-electron chi connectivity index (χ0n) is 11.5. The van der Waals surface area contributed by atoms with Crippen LogP contribution in [0, 0.1) is 0 Å². The third-order valence-corrected chi connectivity index (χ3v) is 4.96. The summed E-state index contributed by atoms with van der Waals surface area (Å²) in [5.74, 6) is 2.42. The first-order valence-corrected chi connectivity index (χ1v) is 7.88. The SMILES string of the molecule is CCC(C)SCc1noc(C2(C)CCCCN2)n1. The molecule has 2 rings (SSSR count). The monoisotopic (exact) mass is 269 g/mol. The predicted octanol–water partition coefficient (Wildman–Crippen LogP) is 3.09. The molecule has 0 amide bonds. The first-order valence-electron chi connectivity index (χ1n) is 6.84. The Labute approximate surface area is 113 Å². The van der Waals surface area contributed by atoms with Crippen LogP contribution in [0.1, 0.15) is 58.2 Å². The topological polar surface area (TPSA) is 51.0 Å². The van der Waals surface area contributed by atoms with Gasteiger partial charge in [0.15, 0.2) is 5.82 Å². The average Bonchev–Trinajstić information content (AvgIpc) is 2.86. The van der Waals surface area contributed by atoms with Crippen molar-refractivity contribution in [2.24, 2.45) is 0 Å². The van der Waals surface area contributed by atoms with Gasteiger partial charge in [0, 0.05) is 5.25 Å². The third kappa shape index (κ3) is 3.26. The van der Waals surface area contributed by atoms with E-state index >= 15 is 0 Å². The van der Waals surface area contributed by atoms with E-state index in [0.29, 0.717) is 5.25 Å². The molecular weight excluding hydrogens is 246 g/mol. The lowest BCUT2D eigenvalue weighted by Gasteiger charge is -2.31. The van der Waals surface area contributed by atoms with Gasteiger partial charge in [-0.3, -0.25) is 0 Å². The van der Waals surface area contributed by atoms with Gasteiger partial charge in [0.25, 0.3) is 0 Å². The second kappa shape index (κ2) is 6.06. The molecule has 0 saturated carbocycles. The Balaban J connectivity index is 1.96. The van der Waals surface area contributed by atoms with Crippen molar-refractivity contribution in [3.63, 3.8) is 0 Å². The highest BCUT2D eigenvalue weighted by molar-refractivity contribution is 7.99. The standard InChI is InChI=1S/C13H23N3OS/c1-4-10(2)18-9-11-15-12(17-16-11)13(3)7-5-6-8-14-13/h10,14H,4-9H2,1-3H3. The smallest absolute Gasteiger partial charge is 0.246 e. The summed E-state index contributed by atoms with van der Waals surface area (Å²) in [4.78, 5) is 4.55. The van der Waals surface area contributed by atoms with Crippen LogP contribution in [0.15, 0.2) is 4.52 Å². The van der Waals surface area contributed by atoms with Crippen molar-refractivity contribution in [1.82, 2.24) is 15.5 Å². The largest absolute Gasteiger partial charge is 0.337 e. The Morgan fingerprint density at radius 1 is 1.50 bits per heavy atom. The van der Waals surface area contributed by atoms with Gasteiger partial charge in [0.05, 0.1) is 11.3 Å². The van der Waals surface area contributed by atoms with E-state index in [1.54, 1.807) is 0 Å². The summed E-state index contributed by atoms with van der Waals surface area (Å²) >= 11 is 1.88. The highest BCUT2D eigenvalue weighted by Gasteiger charge is 2.34. The maximum atomic E-state index is 5.44.